The molecule has 2 heterocycles. The maximum atomic E-state index is 12.5. The second kappa shape index (κ2) is 7.61. The summed E-state index contributed by atoms with van der Waals surface area (Å²) in [6.45, 7) is 11.1. The van der Waals surface area contributed by atoms with E-state index < -0.39 is 0 Å². The van der Waals surface area contributed by atoms with E-state index in [1.807, 2.05) is 9.80 Å². The molecule has 2 unspecified atom stereocenters. The number of hydrogen-bond donors (Lipinski definition) is 0. The highest BCUT2D eigenvalue weighted by Gasteiger charge is 2.41. The van der Waals surface area contributed by atoms with E-state index in [4.69, 9.17) is 0 Å². The molecule has 0 aromatic carbocycles. The van der Waals surface area contributed by atoms with Crippen LogP contribution in [0.5, 0.6) is 0 Å². The average Bonchev–Trinajstić information content (AvgIpc) is 3.07. The van der Waals surface area contributed by atoms with Crippen LogP contribution < -0.4 is 0 Å². The van der Waals surface area contributed by atoms with E-state index in [1.54, 1.807) is 12.2 Å². The number of carbonyl (C=O) groups excluding carboxylic acids is 2. The molecule has 2 aliphatic heterocycles. The van der Waals surface area contributed by atoms with Gasteiger partial charge in [-0.15, -0.1) is 13.2 Å². The molecule has 0 spiro atoms. The molecule has 0 aromatic rings. The van der Waals surface area contributed by atoms with Crippen molar-refractivity contribution in [3.63, 3.8) is 0 Å². The van der Waals surface area contributed by atoms with Crippen molar-refractivity contribution in [2.24, 2.45) is 11.8 Å². The molecule has 2 saturated heterocycles. The molecule has 2 aliphatic rings. The first kappa shape index (κ1) is 16.8. The lowest BCUT2D eigenvalue weighted by molar-refractivity contribution is -0.142. The molecule has 0 N–H and O–H groups in total. The minimum absolute atomic E-state index is 0.0819. The molecule has 0 radical (unpaired) electrons. The van der Waals surface area contributed by atoms with Gasteiger partial charge in [-0.2, -0.15) is 0 Å². The van der Waals surface area contributed by atoms with Gasteiger partial charge < -0.3 is 9.80 Å². The van der Waals surface area contributed by atoms with Gasteiger partial charge in [0.2, 0.25) is 11.8 Å². The van der Waals surface area contributed by atoms with Crippen molar-refractivity contribution in [1.82, 2.24) is 9.80 Å². The van der Waals surface area contributed by atoms with E-state index in [9.17, 15) is 9.59 Å². The van der Waals surface area contributed by atoms with Crippen molar-refractivity contribution in [3.8, 4) is 0 Å². The van der Waals surface area contributed by atoms with Gasteiger partial charge in [0.15, 0.2) is 0 Å². The summed E-state index contributed by atoms with van der Waals surface area (Å²) in [7, 11) is 0. The maximum Gasteiger partial charge on any atom is 0.231 e. The van der Waals surface area contributed by atoms with Crippen LogP contribution in [-0.4, -0.2) is 40.9 Å². The summed E-state index contributed by atoms with van der Waals surface area (Å²) in [5, 5.41) is 0. The van der Waals surface area contributed by atoms with Gasteiger partial charge in [-0.25, -0.2) is 0 Å². The Kier molecular flexibility index (Phi) is 5.81. The molecule has 122 valence electrons. The highest BCUT2D eigenvalue weighted by Crippen LogP contribution is 2.30. The number of hydrogen-bond acceptors (Lipinski definition) is 2. The van der Waals surface area contributed by atoms with Crippen LogP contribution in [0, 0.1) is 11.8 Å². The molecule has 2 amide bonds. The van der Waals surface area contributed by atoms with E-state index in [2.05, 4.69) is 20.1 Å². The zero-order chi connectivity index (χ0) is 16.1. The second-order valence-corrected chi connectivity index (χ2v) is 6.30. The van der Waals surface area contributed by atoms with Crippen LogP contribution in [0.2, 0.25) is 0 Å². The highest BCUT2D eigenvalue weighted by molar-refractivity contribution is 5.85. The maximum absolute atomic E-state index is 12.5. The second-order valence-electron chi connectivity index (χ2n) is 6.30. The fourth-order valence-corrected chi connectivity index (χ4v) is 3.54. The summed E-state index contributed by atoms with van der Waals surface area (Å²) >= 11 is 0. The summed E-state index contributed by atoms with van der Waals surface area (Å²) in [6, 6.07) is 0. The predicted octanol–water partition coefficient (Wildman–Crippen LogP) is 2.96. The molecule has 0 bridgehead atoms. The smallest absolute Gasteiger partial charge is 0.231 e. The summed E-state index contributed by atoms with van der Waals surface area (Å²) in [4.78, 5) is 28.9. The molecule has 4 heteroatoms. The van der Waals surface area contributed by atoms with Crippen molar-refractivity contribution in [2.45, 2.75) is 51.6 Å². The van der Waals surface area contributed by atoms with Gasteiger partial charge in [-0.3, -0.25) is 9.59 Å². The lowest BCUT2D eigenvalue weighted by atomic mass is 10.1. The number of nitrogens with zero attached hydrogens (tertiary/aromatic N) is 2. The lowest BCUT2D eigenvalue weighted by Gasteiger charge is -2.36. The minimum Gasteiger partial charge on any atom is -0.322 e. The molecule has 2 fully saturated rings. The molecular weight excluding hydrogens is 276 g/mol. The minimum atomic E-state index is -0.0820. The quantitative estimate of drug-likeness (QED) is 0.511. The third-order valence-corrected chi connectivity index (χ3v) is 4.92. The first-order chi connectivity index (χ1) is 10.6. The van der Waals surface area contributed by atoms with Crippen molar-refractivity contribution >= 4 is 11.8 Å². The van der Waals surface area contributed by atoms with Crippen molar-refractivity contribution in [1.29, 1.82) is 0 Å². The lowest BCUT2D eigenvalue weighted by Crippen LogP contribution is -2.50. The van der Waals surface area contributed by atoms with E-state index >= 15 is 0 Å². The first-order valence-corrected chi connectivity index (χ1v) is 8.50. The number of rotatable bonds is 8. The van der Waals surface area contributed by atoms with Gasteiger partial charge in [0.1, 0.15) is 6.17 Å². The summed E-state index contributed by atoms with van der Waals surface area (Å²) in [5.74, 6) is 0.0980. The number of unbranched alkanes of at least 4 members (excludes halogenated alkanes) is 2. The van der Waals surface area contributed by atoms with E-state index in [-0.39, 0.29) is 29.8 Å². The van der Waals surface area contributed by atoms with Crippen LogP contribution in [0.4, 0.5) is 0 Å². The average molecular weight is 304 g/mol. The number of carbonyl (C=O) groups is 2. The molecule has 0 aromatic heterocycles. The molecule has 2 rings (SSSR count). The molecule has 4 nitrogen and oxygen atoms in total. The highest BCUT2D eigenvalue weighted by atomic mass is 16.2. The molecular formula is C18H28N2O2. The van der Waals surface area contributed by atoms with Gasteiger partial charge in [-0.1, -0.05) is 31.9 Å². The Morgan fingerprint density at radius 2 is 1.55 bits per heavy atom. The van der Waals surface area contributed by atoms with E-state index in [1.165, 1.54) is 0 Å². The first-order valence-electron chi connectivity index (χ1n) is 8.50. The van der Waals surface area contributed by atoms with Gasteiger partial charge >= 0.3 is 0 Å². The third-order valence-electron chi connectivity index (χ3n) is 4.92. The fraction of sp³-hybridized carbons (Fsp3) is 0.667. The Balaban J connectivity index is 2.13. The van der Waals surface area contributed by atoms with Crippen LogP contribution >= 0.6 is 0 Å². The zero-order valence-electron chi connectivity index (χ0n) is 13.7. The normalized spacial score (nSPS) is 26.6. The van der Waals surface area contributed by atoms with Gasteiger partial charge in [-0.05, 0) is 25.7 Å². The van der Waals surface area contributed by atoms with Crippen LogP contribution in [-0.2, 0) is 9.59 Å². The van der Waals surface area contributed by atoms with Gasteiger partial charge in [0.25, 0.3) is 0 Å². The number of amides is 2. The summed E-state index contributed by atoms with van der Waals surface area (Å²) < 4.78 is 0. The van der Waals surface area contributed by atoms with Gasteiger partial charge in [0.05, 0.1) is 11.8 Å². The van der Waals surface area contributed by atoms with Crippen LogP contribution in [0.15, 0.2) is 25.3 Å². The van der Waals surface area contributed by atoms with E-state index in [0.717, 1.165) is 51.6 Å². The Morgan fingerprint density at radius 3 is 1.91 bits per heavy atom. The fourth-order valence-electron chi connectivity index (χ4n) is 3.54. The molecule has 0 aliphatic carbocycles. The Bertz CT molecular complexity index is 410. The van der Waals surface area contributed by atoms with Crippen molar-refractivity contribution in [2.75, 3.05) is 13.1 Å². The van der Waals surface area contributed by atoms with Crippen molar-refractivity contribution < 1.29 is 9.59 Å². The van der Waals surface area contributed by atoms with Gasteiger partial charge in [0, 0.05) is 13.1 Å². The predicted molar refractivity (Wildman–Crippen MR) is 88.0 cm³/mol. The molecule has 2 atom stereocenters. The Morgan fingerprint density at radius 1 is 1.05 bits per heavy atom. The summed E-state index contributed by atoms with van der Waals surface area (Å²) in [5.41, 5.74) is 0. The van der Waals surface area contributed by atoms with Crippen LogP contribution in [0.25, 0.3) is 0 Å². The standard InChI is InChI=1S/C18H28N2O2/c1-4-7-8-9-16(19-12-10-14(5-2)17(19)21)20-13-11-15(6-3)18(20)22/h5-6,14-16H,2-4,7-13H2,1H3. The Hall–Kier alpha value is -1.58. The Labute approximate surface area is 133 Å². The van der Waals surface area contributed by atoms with Crippen molar-refractivity contribution in [3.05, 3.63) is 25.3 Å². The molecule has 0 saturated carbocycles. The molecule has 22 heavy (non-hydrogen) atoms. The van der Waals surface area contributed by atoms with Crippen LogP contribution in [0.3, 0.4) is 0 Å². The third kappa shape index (κ3) is 3.26. The SMILES string of the molecule is C=CC1CCN(C(CCCCC)N2CCC(C=C)C2=O)C1=O. The van der Waals surface area contributed by atoms with E-state index in [0.29, 0.717) is 0 Å². The van der Waals surface area contributed by atoms with Crippen LogP contribution in [0.1, 0.15) is 45.4 Å². The summed E-state index contributed by atoms with van der Waals surface area (Å²) in [6.07, 6.45) is 9.23. The monoisotopic (exact) mass is 304 g/mol. The zero-order valence-corrected chi connectivity index (χ0v) is 13.7. The largest absolute Gasteiger partial charge is 0.322 e. The topological polar surface area (TPSA) is 40.6 Å². The number of likely N-dealkylation sites (tertiary alicyclic amines) is 2.